The molecular weight excluding hydrogens is 389 g/mol. The molecule has 3 rings (SSSR count). The Morgan fingerprint density at radius 2 is 1.86 bits per heavy atom. The number of nitrogens with one attached hydrogen (secondary N) is 1. The van der Waals surface area contributed by atoms with E-state index in [9.17, 15) is 14.0 Å². The molecule has 0 bridgehead atoms. The van der Waals surface area contributed by atoms with Crippen molar-refractivity contribution in [2.45, 2.75) is 6.54 Å². The van der Waals surface area contributed by atoms with Gasteiger partial charge in [0.2, 0.25) is 0 Å². The predicted molar refractivity (Wildman–Crippen MR) is 101 cm³/mol. The maximum Gasteiger partial charge on any atom is 0.324 e. The van der Waals surface area contributed by atoms with E-state index in [2.05, 4.69) is 0 Å². The molecule has 0 radical (unpaired) electrons. The average Bonchev–Trinajstić information content (AvgIpc) is 2.74. The first-order valence-corrected chi connectivity index (χ1v) is 9.00. The van der Waals surface area contributed by atoms with Crippen molar-refractivity contribution in [3.8, 4) is 0 Å². The highest BCUT2D eigenvalue weighted by atomic mass is 35.5. The van der Waals surface area contributed by atoms with Crippen molar-refractivity contribution in [2.24, 2.45) is 0 Å². The number of nitrogens with zero attached hydrogens (tertiary/aromatic N) is 2. The normalized spacial score (nSPS) is 13.9. The topological polar surface area (TPSA) is 82.1 Å². The molecule has 7 nitrogen and oxygen atoms in total. The third-order valence-electron chi connectivity index (χ3n) is 4.39. The molecule has 0 aliphatic carbocycles. The number of carbonyl (C=O) groups excluding carboxylic acids is 2. The molecule has 1 saturated heterocycles. The van der Waals surface area contributed by atoms with Crippen LogP contribution >= 0.6 is 11.6 Å². The van der Waals surface area contributed by atoms with Crippen molar-refractivity contribution in [3.05, 3.63) is 64.4 Å². The Hall–Kier alpha value is -2.68. The van der Waals surface area contributed by atoms with Gasteiger partial charge in [0, 0.05) is 24.3 Å². The molecule has 1 heterocycles. The smallest absolute Gasteiger partial charge is 0.324 e. The summed E-state index contributed by atoms with van der Waals surface area (Å²) < 4.78 is 18.9. The van der Waals surface area contributed by atoms with Crippen molar-refractivity contribution in [1.82, 2.24) is 10.4 Å². The predicted octanol–water partition coefficient (Wildman–Crippen LogP) is 3.06. The highest BCUT2D eigenvalue weighted by molar-refractivity contribution is 6.31. The van der Waals surface area contributed by atoms with E-state index in [1.807, 2.05) is 0 Å². The number of halogens is 2. The van der Waals surface area contributed by atoms with Gasteiger partial charge in [-0.25, -0.2) is 14.7 Å². The molecule has 1 aliphatic heterocycles. The lowest BCUT2D eigenvalue weighted by Crippen LogP contribution is -2.48. The van der Waals surface area contributed by atoms with Crippen LogP contribution < -0.4 is 10.4 Å². The van der Waals surface area contributed by atoms with E-state index in [-0.39, 0.29) is 23.2 Å². The average molecular weight is 408 g/mol. The number of hydroxylamine groups is 1. The minimum atomic E-state index is -0.627. The standard InChI is InChI=1S/C19H19ClFN3O4/c20-16-11-15(5-6-17(16)21)24(19(26)23-7-9-28-10-8-23)12-13-1-3-14(4-2-13)18(25)22-27/h1-6,11,27H,7-10,12H2,(H,22,25). The fraction of sp³-hybridized carbons (Fsp3) is 0.263. The summed E-state index contributed by atoms with van der Waals surface area (Å²) in [4.78, 5) is 27.7. The summed E-state index contributed by atoms with van der Waals surface area (Å²) in [7, 11) is 0. The Kier molecular flexibility index (Phi) is 6.45. The lowest BCUT2D eigenvalue weighted by Gasteiger charge is -2.33. The van der Waals surface area contributed by atoms with E-state index < -0.39 is 11.7 Å². The summed E-state index contributed by atoms with van der Waals surface area (Å²) in [5, 5.41) is 8.63. The molecule has 1 fully saturated rings. The zero-order valence-electron chi connectivity index (χ0n) is 14.9. The van der Waals surface area contributed by atoms with Crippen LogP contribution in [0.4, 0.5) is 14.9 Å². The molecule has 0 unspecified atom stereocenters. The number of amides is 3. The van der Waals surface area contributed by atoms with Gasteiger partial charge in [-0.2, -0.15) is 0 Å². The lowest BCUT2D eigenvalue weighted by atomic mass is 10.1. The van der Waals surface area contributed by atoms with Crippen LogP contribution in [0.1, 0.15) is 15.9 Å². The van der Waals surface area contributed by atoms with E-state index >= 15 is 0 Å². The number of morpholine rings is 1. The van der Waals surface area contributed by atoms with Crippen molar-refractivity contribution in [3.63, 3.8) is 0 Å². The van der Waals surface area contributed by atoms with E-state index in [0.717, 1.165) is 5.56 Å². The second-order valence-corrected chi connectivity index (χ2v) is 6.61. The highest BCUT2D eigenvalue weighted by Crippen LogP contribution is 2.25. The highest BCUT2D eigenvalue weighted by Gasteiger charge is 2.25. The van der Waals surface area contributed by atoms with Crippen LogP contribution in [-0.4, -0.2) is 48.3 Å². The number of hydrogen-bond acceptors (Lipinski definition) is 4. The van der Waals surface area contributed by atoms with Gasteiger partial charge in [-0.3, -0.25) is 14.9 Å². The fourth-order valence-corrected chi connectivity index (χ4v) is 3.03. The van der Waals surface area contributed by atoms with Crippen molar-refractivity contribution in [1.29, 1.82) is 0 Å². The largest absolute Gasteiger partial charge is 0.378 e. The minimum absolute atomic E-state index is 0.0766. The molecule has 2 aromatic carbocycles. The zero-order chi connectivity index (χ0) is 20.1. The summed E-state index contributed by atoms with van der Waals surface area (Å²) in [6, 6.07) is 10.3. The number of ether oxygens (including phenoxy) is 1. The Morgan fingerprint density at radius 3 is 2.46 bits per heavy atom. The first kappa shape index (κ1) is 20.1. The van der Waals surface area contributed by atoms with Crippen LogP contribution in [0.25, 0.3) is 0 Å². The van der Waals surface area contributed by atoms with Gasteiger partial charge in [0.25, 0.3) is 5.91 Å². The molecule has 0 atom stereocenters. The zero-order valence-corrected chi connectivity index (χ0v) is 15.7. The molecule has 3 amide bonds. The minimum Gasteiger partial charge on any atom is -0.378 e. The number of hydrogen-bond donors (Lipinski definition) is 2. The van der Waals surface area contributed by atoms with Gasteiger partial charge in [0.15, 0.2) is 0 Å². The van der Waals surface area contributed by atoms with Crippen molar-refractivity contribution < 1.29 is 23.9 Å². The first-order chi connectivity index (χ1) is 13.5. The summed E-state index contributed by atoms with van der Waals surface area (Å²) in [6.45, 7) is 2.02. The van der Waals surface area contributed by atoms with Gasteiger partial charge in [0.05, 0.1) is 24.8 Å². The summed E-state index contributed by atoms with van der Waals surface area (Å²) >= 11 is 5.91. The Labute approximate surface area is 166 Å². The molecule has 28 heavy (non-hydrogen) atoms. The quantitative estimate of drug-likeness (QED) is 0.603. The van der Waals surface area contributed by atoms with Gasteiger partial charge in [-0.15, -0.1) is 0 Å². The molecule has 2 aromatic rings. The third kappa shape index (κ3) is 4.59. The summed E-state index contributed by atoms with van der Waals surface area (Å²) in [5.41, 5.74) is 3.05. The second-order valence-electron chi connectivity index (χ2n) is 6.20. The maximum absolute atomic E-state index is 13.6. The monoisotopic (exact) mass is 407 g/mol. The van der Waals surface area contributed by atoms with Gasteiger partial charge >= 0.3 is 6.03 Å². The number of urea groups is 1. The van der Waals surface area contributed by atoms with Gasteiger partial charge < -0.3 is 9.64 Å². The van der Waals surface area contributed by atoms with Crippen molar-refractivity contribution >= 4 is 29.2 Å². The number of rotatable bonds is 4. The Balaban J connectivity index is 1.87. The third-order valence-corrected chi connectivity index (χ3v) is 4.68. The molecule has 1 aliphatic rings. The van der Waals surface area contributed by atoms with Gasteiger partial charge in [-0.05, 0) is 35.9 Å². The van der Waals surface area contributed by atoms with Gasteiger partial charge in [0.1, 0.15) is 5.82 Å². The summed E-state index contributed by atoms with van der Waals surface area (Å²) in [5.74, 6) is -1.19. The number of carbonyl (C=O) groups is 2. The second kappa shape index (κ2) is 9.01. The SMILES string of the molecule is O=C(NO)c1ccc(CN(C(=O)N2CCOCC2)c2ccc(F)c(Cl)c2)cc1. The lowest BCUT2D eigenvalue weighted by molar-refractivity contribution is 0.0548. The van der Waals surface area contributed by atoms with E-state index in [1.54, 1.807) is 22.5 Å². The van der Waals surface area contributed by atoms with Crippen LogP contribution in [0, 0.1) is 5.82 Å². The molecule has 9 heteroatoms. The van der Waals surface area contributed by atoms with Crippen LogP contribution in [0.5, 0.6) is 0 Å². The fourth-order valence-electron chi connectivity index (χ4n) is 2.86. The number of benzene rings is 2. The van der Waals surface area contributed by atoms with E-state index in [0.29, 0.717) is 32.0 Å². The van der Waals surface area contributed by atoms with Crippen LogP contribution in [0.2, 0.25) is 5.02 Å². The Morgan fingerprint density at radius 1 is 1.18 bits per heavy atom. The molecule has 2 N–H and O–H groups in total. The first-order valence-electron chi connectivity index (χ1n) is 8.62. The van der Waals surface area contributed by atoms with E-state index in [4.69, 9.17) is 21.5 Å². The van der Waals surface area contributed by atoms with Gasteiger partial charge in [-0.1, -0.05) is 23.7 Å². The van der Waals surface area contributed by atoms with Crippen molar-refractivity contribution in [2.75, 3.05) is 31.2 Å². The summed E-state index contributed by atoms with van der Waals surface area (Å²) in [6.07, 6.45) is 0. The van der Waals surface area contributed by atoms with Crippen LogP contribution in [0.15, 0.2) is 42.5 Å². The van der Waals surface area contributed by atoms with E-state index in [1.165, 1.54) is 35.2 Å². The van der Waals surface area contributed by atoms with Crippen LogP contribution in [0.3, 0.4) is 0 Å². The maximum atomic E-state index is 13.6. The molecule has 0 aromatic heterocycles. The number of anilines is 1. The molecule has 148 valence electrons. The molecular formula is C19H19ClFN3O4. The molecule has 0 spiro atoms. The molecule has 0 saturated carbocycles. The van der Waals surface area contributed by atoms with Crippen LogP contribution in [-0.2, 0) is 11.3 Å². The Bertz CT molecular complexity index is 857.